The maximum Gasteiger partial charge on any atom is 0.342 e. The molecule has 1 aromatic heterocycles. The second-order valence-corrected chi connectivity index (χ2v) is 6.77. The minimum atomic E-state index is -1.04. The van der Waals surface area contributed by atoms with Gasteiger partial charge >= 0.3 is 5.97 Å². The van der Waals surface area contributed by atoms with Gasteiger partial charge in [0.25, 0.3) is 5.91 Å². The highest BCUT2D eigenvalue weighted by atomic mass is 16.5. The number of nitrogens with two attached hydrogens (primary N) is 1. The third-order valence-corrected chi connectivity index (χ3v) is 4.59. The van der Waals surface area contributed by atoms with Crippen molar-refractivity contribution in [1.82, 2.24) is 9.78 Å². The van der Waals surface area contributed by atoms with Gasteiger partial charge in [0, 0.05) is 11.3 Å². The van der Waals surface area contributed by atoms with Gasteiger partial charge in [-0.2, -0.15) is 5.10 Å². The Morgan fingerprint density at radius 2 is 1.67 bits per heavy atom. The highest BCUT2D eigenvalue weighted by Gasteiger charge is 2.25. The number of rotatable bonds is 6. The molecule has 0 aliphatic heterocycles. The first kappa shape index (κ1) is 20.8. The summed E-state index contributed by atoms with van der Waals surface area (Å²) in [6.45, 7) is 4.97. The van der Waals surface area contributed by atoms with Crippen LogP contribution in [-0.2, 0) is 9.53 Å². The smallest absolute Gasteiger partial charge is 0.342 e. The van der Waals surface area contributed by atoms with Gasteiger partial charge in [-0.1, -0.05) is 18.2 Å². The lowest BCUT2D eigenvalue weighted by Gasteiger charge is -2.14. The number of carbonyl (C=O) groups excluding carboxylic acids is 3. The molecule has 1 heterocycles. The molecule has 0 saturated carbocycles. The Balaban J connectivity index is 1.70. The van der Waals surface area contributed by atoms with E-state index in [4.69, 9.17) is 10.5 Å². The van der Waals surface area contributed by atoms with Crippen LogP contribution in [0.15, 0.2) is 54.6 Å². The molecular weight excluding hydrogens is 384 g/mol. The molecular formula is C22H22N4O4. The van der Waals surface area contributed by atoms with E-state index in [2.05, 4.69) is 10.4 Å². The van der Waals surface area contributed by atoms with E-state index in [9.17, 15) is 14.4 Å². The highest BCUT2D eigenvalue weighted by molar-refractivity contribution is 5.99. The van der Waals surface area contributed by atoms with Gasteiger partial charge in [0.2, 0.25) is 5.91 Å². The van der Waals surface area contributed by atoms with Crippen LogP contribution in [0.25, 0.3) is 5.69 Å². The van der Waals surface area contributed by atoms with Crippen LogP contribution in [0.4, 0.5) is 5.69 Å². The number of aryl methyl sites for hydroxylation is 1. The predicted octanol–water partition coefficient (Wildman–Crippen LogP) is 2.77. The van der Waals surface area contributed by atoms with E-state index in [1.165, 1.54) is 19.1 Å². The zero-order valence-corrected chi connectivity index (χ0v) is 16.9. The maximum atomic E-state index is 12.7. The molecule has 8 nitrogen and oxygen atoms in total. The summed E-state index contributed by atoms with van der Waals surface area (Å²) in [5.41, 5.74) is 8.26. The number of amides is 2. The normalized spacial score (nSPS) is 11.6. The van der Waals surface area contributed by atoms with Crippen LogP contribution < -0.4 is 11.1 Å². The quantitative estimate of drug-likeness (QED) is 0.611. The summed E-state index contributed by atoms with van der Waals surface area (Å²) < 4.78 is 7.03. The molecule has 1 atom stereocenters. The number of carbonyl (C=O) groups is 3. The molecule has 2 aromatic carbocycles. The van der Waals surface area contributed by atoms with Gasteiger partial charge in [0.1, 0.15) is 5.56 Å². The lowest BCUT2D eigenvalue weighted by molar-refractivity contribution is -0.123. The maximum absolute atomic E-state index is 12.7. The molecule has 0 spiro atoms. The van der Waals surface area contributed by atoms with Crippen LogP contribution in [0.5, 0.6) is 0 Å². The van der Waals surface area contributed by atoms with Crippen molar-refractivity contribution in [2.45, 2.75) is 26.9 Å². The SMILES string of the molecule is Cc1nn(-c2ccccc2)c(C)c1C(=O)O[C@H](C)C(=O)Nc1ccc(C(N)=O)cc1. The molecule has 0 bridgehead atoms. The van der Waals surface area contributed by atoms with Gasteiger partial charge in [-0.05, 0) is 57.2 Å². The van der Waals surface area contributed by atoms with E-state index in [1.807, 2.05) is 30.3 Å². The van der Waals surface area contributed by atoms with Gasteiger partial charge in [-0.3, -0.25) is 9.59 Å². The number of ether oxygens (including phenoxy) is 1. The first-order valence-corrected chi connectivity index (χ1v) is 9.31. The van der Waals surface area contributed by atoms with E-state index in [0.717, 1.165) is 5.69 Å². The zero-order chi connectivity index (χ0) is 21.8. The molecule has 3 N–H and O–H groups in total. The highest BCUT2D eigenvalue weighted by Crippen LogP contribution is 2.19. The van der Waals surface area contributed by atoms with E-state index in [-0.39, 0.29) is 0 Å². The van der Waals surface area contributed by atoms with Crippen LogP contribution >= 0.6 is 0 Å². The Morgan fingerprint density at radius 1 is 1.03 bits per heavy atom. The van der Waals surface area contributed by atoms with Gasteiger partial charge in [-0.15, -0.1) is 0 Å². The summed E-state index contributed by atoms with van der Waals surface area (Å²) >= 11 is 0. The van der Waals surface area contributed by atoms with E-state index < -0.39 is 23.9 Å². The summed E-state index contributed by atoms with van der Waals surface area (Å²) in [4.78, 5) is 36.2. The summed E-state index contributed by atoms with van der Waals surface area (Å²) in [6, 6.07) is 15.5. The first-order valence-electron chi connectivity index (χ1n) is 9.31. The average Bonchev–Trinajstić information content (AvgIpc) is 3.03. The Hall–Kier alpha value is -3.94. The fourth-order valence-electron chi connectivity index (χ4n) is 2.99. The van der Waals surface area contributed by atoms with Crippen molar-refractivity contribution in [3.63, 3.8) is 0 Å². The van der Waals surface area contributed by atoms with Crippen molar-refractivity contribution in [1.29, 1.82) is 0 Å². The molecule has 30 heavy (non-hydrogen) atoms. The van der Waals surface area contributed by atoms with Gasteiger partial charge < -0.3 is 15.8 Å². The number of aromatic nitrogens is 2. The summed E-state index contributed by atoms with van der Waals surface area (Å²) in [5.74, 6) is -1.68. The zero-order valence-electron chi connectivity index (χ0n) is 16.9. The van der Waals surface area contributed by atoms with Crippen LogP contribution in [0.2, 0.25) is 0 Å². The van der Waals surface area contributed by atoms with Crippen molar-refractivity contribution >= 4 is 23.5 Å². The monoisotopic (exact) mass is 406 g/mol. The molecule has 0 fully saturated rings. The topological polar surface area (TPSA) is 116 Å². The molecule has 3 rings (SSSR count). The second kappa shape index (κ2) is 8.60. The van der Waals surface area contributed by atoms with Gasteiger partial charge in [0.05, 0.1) is 17.1 Å². The first-order chi connectivity index (χ1) is 14.3. The third-order valence-electron chi connectivity index (χ3n) is 4.59. The molecule has 0 saturated heterocycles. The molecule has 0 aliphatic rings. The fraction of sp³-hybridized carbons (Fsp3) is 0.182. The number of hydrogen-bond donors (Lipinski definition) is 2. The van der Waals surface area contributed by atoms with Crippen molar-refractivity contribution in [2.24, 2.45) is 5.73 Å². The second-order valence-electron chi connectivity index (χ2n) is 6.77. The Bertz CT molecular complexity index is 1090. The summed E-state index contributed by atoms with van der Waals surface area (Å²) in [6.07, 6.45) is -1.04. The molecule has 0 aliphatic carbocycles. The number of nitrogens with zero attached hydrogens (tertiary/aromatic N) is 2. The van der Waals surface area contributed by atoms with Crippen LogP contribution in [-0.4, -0.2) is 33.7 Å². The van der Waals surface area contributed by atoms with Crippen molar-refractivity contribution in [3.05, 3.63) is 77.1 Å². The van der Waals surface area contributed by atoms with Crippen LogP contribution in [0.1, 0.15) is 39.0 Å². The van der Waals surface area contributed by atoms with Gasteiger partial charge in [-0.25, -0.2) is 9.48 Å². The lowest BCUT2D eigenvalue weighted by Crippen LogP contribution is -2.30. The Labute approximate surface area is 173 Å². The van der Waals surface area contributed by atoms with E-state index in [0.29, 0.717) is 28.2 Å². The summed E-state index contributed by atoms with van der Waals surface area (Å²) in [7, 11) is 0. The number of nitrogens with one attached hydrogen (secondary N) is 1. The van der Waals surface area contributed by atoms with Crippen LogP contribution in [0, 0.1) is 13.8 Å². The number of para-hydroxylation sites is 1. The van der Waals surface area contributed by atoms with E-state index >= 15 is 0 Å². The Kier molecular flexibility index (Phi) is 5.96. The standard InChI is InChI=1S/C22H22N4O4/c1-13-19(14(2)26(25-13)18-7-5-4-6-8-18)22(29)30-15(3)21(28)24-17-11-9-16(10-12-17)20(23)27/h4-12,15H,1-3H3,(H2,23,27)(H,24,28)/t15-/m1/s1. The van der Waals surface area contributed by atoms with Gasteiger partial charge in [0.15, 0.2) is 6.10 Å². The fourth-order valence-corrected chi connectivity index (χ4v) is 2.99. The molecule has 8 heteroatoms. The van der Waals surface area contributed by atoms with Crippen LogP contribution in [0.3, 0.4) is 0 Å². The predicted molar refractivity (Wildman–Crippen MR) is 112 cm³/mol. The largest absolute Gasteiger partial charge is 0.449 e. The number of esters is 1. The molecule has 0 radical (unpaired) electrons. The minimum Gasteiger partial charge on any atom is -0.449 e. The third kappa shape index (κ3) is 4.38. The lowest BCUT2D eigenvalue weighted by atomic mass is 10.2. The van der Waals surface area contributed by atoms with E-state index in [1.54, 1.807) is 30.7 Å². The number of hydrogen-bond acceptors (Lipinski definition) is 5. The minimum absolute atomic E-state index is 0.323. The number of anilines is 1. The molecule has 154 valence electrons. The number of benzene rings is 2. The molecule has 0 unspecified atom stereocenters. The average molecular weight is 406 g/mol. The van der Waals surface area contributed by atoms with Crippen molar-refractivity contribution in [2.75, 3.05) is 5.32 Å². The summed E-state index contributed by atoms with van der Waals surface area (Å²) in [5, 5.41) is 7.06. The van der Waals surface area contributed by atoms with Crippen molar-refractivity contribution in [3.8, 4) is 5.69 Å². The molecule has 2 amide bonds. The molecule has 3 aromatic rings. The number of primary amides is 1. The van der Waals surface area contributed by atoms with Crippen molar-refractivity contribution < 1.29 is 19.1 Å². The Morgan fingerprint density at radius 3 is 2.27 bits per heavy atom.